The summed E-state index contributed by atoms with van der Waals surface area (Å²) in [6, 6.07) is 4.87. The quantitative estimate of drug-likeness (QED) is 0.911. The van der Waals surface area contributed by atoms with Crippen LogP contribution in [0, 0.1) is 6.92 Å². The lowest BCUT2D eigenvalue weighted by molar-refractivity contribution is 0.0696. The van der Waals surface area contributed by atoms with E-state index in [1.165, 1.54) is 0 Å². The molecule has 0 bridgehead atoms. The number of aromatic carboxylic acids is 1. The topological polar surface area (TPSA) is 59.4 Å². The molecule has 0 amide bonds. The van der Waals surface area contributed by atoms with Gasteiger partial charge in [-0.1, -0.05) is 13.0 Å². The molecule has 0 unspecified atom stereocenters. The molecule has 4 nitrogen and oxygen atoms in total. The van der Waals surface area contributed by atoms with E-state index in [9.17, 15) is 4.79 Å². The minimum Gasteiger partial charge on any atom is -0.487 e. The molecule has 0 aliphatic heterocycles. The number of hydrogen-bond donors (Lipinski definition) is 1. The summed E-state index contributed by atoms with van der Waals surface area (Å²) in [5, 5.41) is 12.0. The van der Waals surface area contributed by atoms with Gasteiger partial charge in [0.25, 0.3) is 0 Å². The maximum atomic E-state index is 10.9. The van der Waals surface area contributed by atoms with Crippen molar-refractivity contribution < 1.29 is 14.6 Å². The van der Waals surface area contributed by atoms with Crippen molar-refractivity contribution in [1.29, 1.82) is 0 Å². The molecule has 0 aliphatic carbocycles. The highest BCUT2D eigenvalue weighted by molar-refractivity contribution is 7.09. The molecule has 0 fully saturated rings. The fourth-order valence-electron chi connectivity index (χ4n) is 1.62. The van der Waals surface area contributed by atoms with Gasteiger partial charge in [0.2, 0.25) is 0 Å². The van der Waals surface area contributed by atoms with Crippen LogP contribution >= 0.6 is 11.3 Å². The van der Waals surface area contributed by atoms with Crippen LogP contribution in [-0.2, 0) is 13.0 Å². The van der Waals surface area contributed by atoms with E-state index in [4.69, 9.17) is 9.84 Å². The molecular weight excluding hydrogens is 262 g/mol. The number of nitrogens with zero attached hydrogens (tertiary/aromatic N) is 1. The molecule has 0 atom stereocenters. The molecular formula is C14H15NO3S. The van der Waals surface area contributed by atoms with Gasteiger partial charge in [-0.15, -0.1) is 11.3 Å². The normalized spacial score (nSPS) is 10.4. The van der Waals surface area contributed by atoms with E-state index in [1.807, 2.05) is 12.3 Å². The summed E-state index contributed by atoms with van der Waals surface area (Å²) < 4.78 is 5.65. The third-order valence-corrected chi connectivity index (χ3v) is 3.75. The van der Waals surface area contributed by atoms with Crippen molar-refractivity contribution in [2.75, 3.05) is 0 Å². The van der Waals surface area contributed by atoms with Gasteiger partial charge >= 0.3 is 5.97 Å². The molecule has 1 aromatic carbocycles. The molecule has 2 aromatic rings. The largest absolute Gasteiger partial charge is 0.487 e. The van der Waals surface area contributed by atoms with Gasteiger partial charge in [0, 0.05) is 5.38 Å². The molecule has 0 aliphatic rings. The van der Waals surface area contributed by atoms with E-state index in [0.717, 1.165) is 22.7 Å². The molecule has 5 heteroatoms. The highest BCUT2D eigenvalue weighted by Crippen LogP contribution is 2.21. The van der Waals surface area contributed by atoms with Crippen LogP contribution < -0.4 is 4.74 Å². The summed E-state index contributed by atoms with van der Waals surface area (Å²) in [5.41, 5.74) is 2.02. The molecule has 19 heavy (non-hydrogen) atoms. The van der Waals surface area contributed by atoms with Crippen molar-refractivity contribution >= 4 is 17.3 Å². The Labute approximate surface area is 115 Å². The molecule has 0 saturated heterocycles. The fraction of sp³-hybridized carbons (Fsp3) is 0.286. The highest BCUT2D eigenvalue weighted by atomic mass is 32.1. The lowest BCUT2D eigenvalue weighted by Gasteiger charge is -2.08. The summed E-state index contributed by atoms with van der Waals surface area (Å²) in [7, 11) is 0. The van der Waals surface area contributed by atoms with Crippen molar-refractivity contribution in [2.24, 2.45) is 0 Å². The second-order valence-corrected chi connectivity index (χ2v) is 5.10. The Hall–Kier alpha value is -1.88. The van der Waals surface area contributed by atoms with Gasteiger partial charge in [0.05, 0.1) is 16.3 Å². The Morgan fingerprint density at radius 3 is 2.89 bits per heavy atom. The Morgan fingerprint density at radius 2 is 2.26 bits per heavy atom. The zero-order valence-electron chi connectivity index (χ0n) is 10.8. The Balaban J connectivity index is 2.10. The first kappa shape index (κ1) is 13.5. The molecule has 1 aromatic heterocycles. The summed E-state index contributed by atoms with van der Waals surface area (Å²) >= 11 is 1.61. The van der Waals surface area contributed by atoms with Gasteiger partial charge in [-0.25, -0.2) is 9.78 Å². The molecule has 2 rings (SSSR count). The average molecular weight is 277 g/mol. The summed E-state index contributed by atoms with van der Waals surface area (Å²) in [6.07, 6.45) is 0.915. The summed E-state index contributed by atoms with van der Waals surface area (Å²) in [6.45, 7) is 4.31. The molecule has 0 spiro atoms. The van der Waals surface area contributed by atoms with Gasteiger partial charge in [-0.05, 0) is 31.0 Å². The van der Waals surface area contributed by atoms with Crippen LogP contribution in [0.4, 0.5) is 0 Å². The number of benzene rings is 1. The van der Waals surface area contributed by atoms with E-state index >= 15 is 0 Å². The van der Waals surface area contributed by atoms with Crippen LogP contribution in [0.1, 0.15) is 33.5 Å². The average Bonchev–Trinajstić information content (AvgIpc) is 2.85. The zero-order chi connectivity index (χ0) is 13.8. The maximum Gasteiger partial charge on any atom is 0.335 e. The van der Waals surface area contributed by atoms with E-state index in [2.05, 4.69) is 11.9 Å². The molecule has 0 radical (unpaired) electrons. The summed E-state index contributed by atoms with van der Waals surface area (Å²) in [4.78, 5) is 15.3. The van der Waals surface area contributed by atoms with Crippen LogP contribution in [0.3, 0.4) is 0 Å². The molecule has 1 heterocycles. The van der Waals surface area contributed by atoms with E-state index < -0.39 is 5.97 Å². The van der Waals surface area contributed by atoms with Crippen molar-refractivity contribution in [2.45, 2.75) is 26.9 Å². The number of carboxylic acids is 1. The first-order valence-electron chi connectivity index (χ1n) is 6.00. The van der Waals surface area contributed by atoms with E-state index in [1.54, 1.807) is 29.5 Å². The molecule has 1 N–H and O–H groups in total. The fourth-order valence-corrected chi connectivity index (χ4v) is 2.35. The number of carbonyl (C=O) groups is 1. The minimum absolute atomic E-state index is 0.230. The number of thiazole rings is 1. The smallest absolute Gasteiger partial charge is 0.335 e. The van der Waals surface area contributed by atoms with Gasteiger partial charge in [-0.2, -0.15) is 0 Å². The number of aromatic nitrogens is 1. The van der Waals surface area contributed by atoms with Crippen LogP contribution in [0.25, 0.3) is 0 Å². The SMILES string of the molecule is CCc1nc(COc2cc(C(=O)O)ccc2C)cs1. The second kappa shape index (κ2) is 5.84. The number of aryl methyl sites for hydroxylation is 2. The third-order valence-electron chi connectivity index (χ3n) is 2.71. The Kier molecular flexibility index (Phi) is 4.16. The summed E-state index contributed by atoms with van der Waals surface area (Å²) in [5.74, 6) is -0.363. The van der Waals surface area contributed by atoms with Crippen LogP contribution in [0.2, 0.25) is 0 Å². The van der Waals surface area contributed by atoms with Gasteiger partial charge in [0.1, 0.15) is 12.4 Å². The first-order chi connectivity index (χ1) is 9.10. The van der Waals surface area contributed by atoms with Crippen molar-refractivity contribution in [3.05, 3.63) is 45.4 Å². The van der Waals surface area contributed by atoms with Gasteiger partial charge in [0.15, 0.2) is 0 Å². The predicted octanol–water partition coefficient (Wildman–Crippen LogP) is 3.29. The standard InChI is InChI=1S/C14H15NO3S/c1-3-13-15-11(8-19-13)7-18-12-6-10(14(16)17)5-4-9(12)2/h4-6,8H,3,7H2,1-2H3,(H,16,17). The number of rotatable bonds is 5. The maximum absolute atomic E-state index is 10.9. The molecule has 100 valence electrons. The number of carboxylic acid groups (broad SMARTS) is 1. The zero-order valence-corrected chi connectivity index (χ0v) is 11.7. The van der Waals surface area contributed by atoms with Gasteiger partial charge in [-0.3, -0.25) is 0 Å². The molecule has 0 saturated carbocycles. The van der Waals surface area contributed by atoms with Crippen LogP contribution in [0.5, 0.6) is 5.75 Å². The lowest BCUT2D eigenvalue weighted by atomic mass is 10.1. The van der Waals surface area contributed by atoms with Crippen molar-refractivity contribution in [1.82, 2.24) is 4.98 Å². The van der Waals surface area contributed by atoms with Crippen LogP contribution in [-0.4, -0.2) is 16.1 Å². The van der Waals surface area contributed by atoms with E-state index in [-0.39, 0.29) is 5.56 Å². The van der Waals surface area contributed by atoms with Gasteiger partial charge < -0.3 is 9.84 Å². The predicted molar refractivity (Wildman–Crippen MR) is 74.0 cm³/mol. The van der Waals surface area contributed by atoms with Crippen molar-refractivity contribution in [3.8, 4) is 5.75 Å². The Bertz CT molecular complexity index is 592. The second-order valence-electron chi connectivity index (χ2n) is 4.16. The third kappa shape index (κ3) is 3.32. The highest BCUT2D eigenvalue weighted by Gasteiger charge is 2.08. The Morgan fingerprint density at radius 1 is 1.47 bits per heavy atom. The van der Waals surface area contributed by atoms with E-state index in [0.29, 0.717) is 12.4 Å². The monoisotopic (exact) mass is 277 g/mol. The minimum atomic E-state index is -0.952. The number of ether oxygens (including phenoxy) is 1. The van der Waals surface area contributed by atoms with Crippen molar-refractivity contribution in [3.63, 3.8) is 0 Å². The lowest BCUT2D eigenvalue weighted by Crippen LogP contribution is -2.01. The number of hydrogen-bond acceptors (Lipinski definition) is 4. The van der Waals surface area contributed by atoms with Crippen LogP contribution in [0.15, 0.2) is 23.6 Å². The first-order valence-corrected chi connectivity index (χ1v) is 6.88.